The first-order chi connectivity index (χ1) is 6.50. The lowest BCUT2D eigenvalue weighted by Crippen LogP contribution is -2.15. The van der Waals surface area contributed by atoms with E-state index in [1.165, 1.54) is 12.1 Å². The Hall–Kier alpha value is -1.91. The van der Waals surface area contributed by atoms with Crippen molar-refractivity contribution in [1.29, 1.82) is 0 Å². The average molecular weight is 198 g/mol. The van der Waals surface area contributed by atoms with Crippen LogP contribution < -0.4 is 0 Å². The monoisotopic (exact) mass is 198 g/mol. The van der Waals surface area contributed by atoms with E-state index < -0.39 is 24.0 Å². The van der Waals surface area contributed by atoms with E-state index in [-0.39, 0.29) is 11.3 Å². The van der Waals surface area contributed by atoms with Gasteiger partial charge in [-0.25, -0.2) is 9.18 Å². The van der Waals surface area contributed by atoms with E-state index in [1.54, 1.807) is 0 Å². The Morgan fingerprint density at radius 3 is 2.50 bits per heavy atom. The highest BCUT2D eigenvalue weighted by Gasteiger charge is 2.14. The molecule has 0 heterocycles. The molecule has 0 saturated carbocycles. The van der Waals surface area contributed by atoms with E-state index in [2.05, 4.69) is 0 Å². The maximum Gasteiger partial charge on any atom is 0.372 e. The highest BCUT2D eigenvalue weighted by molar-refractivity contribution is 6.33. The fourth-order valence-corrected chi connectivity index (χ4v) is 0.928. The van der Waals surface area contributed by atoms with Crippen molar-refractivity contribution < 1.29 is 24.2 Å². The van der Waals surface area contributed by atoms with Gasteiger partial charge < -0.3 is 10.2 Å². The Morgan fingerprint density at radius 2 is 2.00 bits per heavy atom. The first kappa shape index (κ1) is 10.2. The topological polar surface area (TPSA) is 74.6 Å². The number of phenolic OH excluding ortho intramolecular Hbond substituents is 1. The summed E-state index contributed by atoms with van der Waals surface area (Å²) in [5.74, 6) is -3.75. The molecular formula is C9H7FO4. The molecule has 0 bridgehead atoms. The van der Waals surface area contributed by atoms with E-state index in [4.69, 9.17) is 10.2 Å². The van der Waals surface area contributed by atoms with Crippen LogP contribution in [0, 0.1) is 5.82 Å². The van der Waals surface area contributed by atoms with Crippen LogP contribution in [0.2, 0.25) is 0 Å². The summed E-state index contributed by atoms with van der Waals surface area (Å²) in [6.07, 6.45) is -0.512. The van der Waals surface area contributed by atoms with Crippen molar-refractivity contribution in [3.05, 3.63) is 29.6 Å². The van der Waals surface area contributed by atoms with Crippen LogP contribution >= 0.6 is 0 Å². The van der Waals surface area contributed by atoms with Gasteiger partial charge in [-0.05, 0) is 11.6 Å². The van der Waals surface area contributed by atoms with Crippen LogP contribution in [0.25, 0.3) is 0 Å². The number of carboxylic acid groups (broad SMARTS) is 1. The van der Waals surface area contributed by atoms with Crippen LogP contribution in [0.5, 0.6) is 5.75 Å². The zero-order valence-corrected chi connectivity index (χ0v) is 7.03. The van der Waals surface area contributed by atoms with E-state index in [9.17, 15) is 14.0 Å². The molecule has 4 nitrogen and oxygen atoms in total. The van der Waals surface area contributed by atoms with Crippen molar-refractivity contribution in [2.45, 2.75) is 6.42 Å². The van der Waals surface area contributed by atoms with Gasteiger partial charge in [0.1, 0.15) is 11.6 Å². The summed E-state index contributed by atoms with van der Waals surface area (Å²) in [6.45, 7) is 0. The Labute approximate surface area is 78.6 Å². The number of aliphatic carboxylic acids is 1. The Morgan fingerprint density at radius 1 is 1.36 bits per heavy atom. The van der Waals surface area contributed by atoms with Crippen molar-refractivity contribution in [2.24, 2.45) is 0 Å². The lowest BCUT2D eigenvalue weighted by Gasteiger charge is -2.00. The van der Waals surface area contributed by atoms with Gasteiger partial charge in [-0.1, -0.05) is 6.07 Å². The maximum atomic E-state index is 13.0. The molecule has 5 heteroatoms. The van der Waals surface area contributed by atoms with E-state index in [0.29, 0.717) is 0 Å². The van der Waals surface area contributed by atoms with Gasteiger partial charge >= 0.3 is 5.97 Å². The largest absolute Gasteiger partial charge is 0.508 e. The van der Waals surface area contributed by atoms with Crippen LogP contribution in [-0.4, -0.2) is 22.0 Å². The van der Waals surface area contributed by atoms with E-state index in [1.807, 2.05) is 0 Å². The molecule has 0 fully saturated rings. The van der Waals surface area contributed by atoms with E-state index >= 15 is 0 Å². The minimum absolute atomic E-state index is 0.0461. The number of hydrogen-bond donors (Lipinski definition) is 2. The molecule has 0 aliphatic rings. The summed E-state index contributed by atoms with van der Waals surface area (Å²) >= 11 is 0. The van der Waals surface area contributed by atoms with Crippen molar-refractivity contribution in [3.8, 4) is 5.75 Å². The number of ketones is 1. The number of carbonyl (C=O) groups excluding carboxylic acids is 1. The summed E-state index contributed by atoms with van der Waals surface area (Å²) in [5.41, 5.74) is -0.0461. The Bertz CT molecular complexity index is 386. The standard InChI is InChI=1S/C9H7FO4/c10-7-4-6(11)2-1-5(7)3-8(12)9(13)14/h1-2,4,11H,3H2,(H,13,14). The third-order valence-electron chi connectivity index (χ3n) is 1.63. The van der Waals surface area contributed by atoms with Gasteiger partial charge in [0.2, 0.25) is 5.78 Å². The number of carbonyl (C=O) groups is 2. The molecule has 1 aromatic carbocycles. The predicted octanol–water partition coefficient (Wildman–Crippen LogP) is 0.728. The summed E-state index contributed by atoms with van der Waals surface area (Å²) in [5, 5.41) is 17.1. The number of carboxylic acids is 1. The third-order valence-corrected chi connectivity index (χ3v) is 1.63. The van der Waals surface area contributed by atoms with Gasteiger partial charge in [0, 0.05) is 12.5 Å². The van der Waals surface area contributed by atoms with Crippen LogP contribution in [0.15, 0.2) is 18.2 Å². The smallest absolute Gasteiger partial charge is 0.372 e. The number of Topliss-reactive ketones (excluding diaryl/α,β-unsaturated/α-hetero) is 1. The molecule has 0 aliphatic carbocycles. The molecule has 0 aromatic heterocycles. The highest BCUT2D eigenvalue weighted by atomic mass is 19.1. The van der Waals surface area contributed by atoms with Crippen molar-refractivity contribution in [2.75, 3.05) is 0 Å². The fraction of sp³-hybridized carbons (Fsp3) is 0.111. The van der Waals surface area contributed by atoms with E-state index in [0.717, 1.165) is 6.07 Å². The number of halogens is 1. The molecule has 2 N–H and O–H groups in total. The highest BCUT2D eigenvalue weighted by Crippen LogP contribution is 2.15. The zero-order chi connectivity index (χ0) is 10.7. The molecule has 0 atom stereocenters. The van der Waals surface area contributed by atoms with Crippen molar-refractivity contribution in [1.82, 2.24) is 0 Å². The summed E-state index contributed by atoms with van der Waals surface area (Å²) < 4.78 is 13.0. The lowest BCUT2D eigenvalue weighted by molar-refractivity contribution is -0.148. The second-order valence-electron chi connectivity index (χ2n) is 2.68. The fourth-order valence-electron chi connectivity index (χ4n) is 0.928. The first-order valence-corrected chi connectivity index (χ1v) is 3.74. The second-order valence-corrected chi connectivity index (χ2v) is 2.68. The van der Waals surface area contributed by atoms with Crippen LogP contribution in [0.4, 0.5) is 4.39 Å². The maximum absolute atomic E-state index is 13.0. The number of phenols is 1. The normalized spacial score (nSPS) is 9.79. The molecule has 0 spiro atoms. The number of aromatic hydroxyl groups is 1. The Balaban J connectivity index is 2.87. The van der Waals surface area contributed by atoms with Crippen LogP contribution in [0.1, 0.15) is 5.56 Å². The van der Waals surface area contributed by atoms with Gasteiger partial charge in [-0.2, -0.15) is 0 Å². The number of benzene rings is 1. The Kier molecular flexibility index (Phi) is 2.81. The lowest BCUT2D eigenvalue weighted by atomic mass is 10.1. The summed E-state index contributed by atoms with van der Waals surface area (Å²) in [7, 11) is 0. The van der Waals surface area contributed by atoms with Gasteiger partial charge in [-0.3, -0.25) is 4.79 Å². The van der Waals surface area contributed by atoms with Crippen LogP contribution in [-0.2, 0) is 16.0 Å². The molecule has 0 saturated heterocycles. The molecule has 0 amide bonds. The third kappa shape index (κ3) is 2.29. The van der Waals surface area contributed by atoms with Gasteiger partial charge in [0.25, 0.3) is 0 Å². The second kappa shape index (κ2) is 3.87. The predicted molar refractivity (Wildman–Crippen MR) is 44.4 cm³/mol. The number of rotatable bonds is 3. The molecule has 0 radical (unpaired) electrons. The summed E-state index contributed by atoms with van der Waals surface area (Å²) in [6, 6.07) is 3.18. The first-order valence-electron chi connectivity index (χ1n) is 3.74. The molecule has 0 aliphatic heterocycles. The molecule has 14 heavy (non-hydrogen) atoms. The van der Waals surface area contributed by atoms with Crippen molar-refractivity contribution in [3.63, 3.8) is 0 Å². The molecule has 74 valence electrons. The minimum Gasteiger partial charge on any atom is -0.508 e. The van der Waals surface area contributed by atoms with Gasteiger partial charge in [0.05, 0.1) is 0 Å². The average Bonchev–Trinajstić information content (AvgIpc) is 2.09. The zero-order valence-electron chi connectivity index (χ0n) is 7.03. The molecule has 0 unspecified atom stereocenters. The van der Waals surface area contributed by atoms with Crippen molar-refractivity contribution >= 4 is 11.8 Å². The molecule has 1 rings (SSSR count). The number of hydrogen-bond acceptors (Lipinski definition) is 3. The van der Waals surface area contributed by atoms with Gasteiger partial charge in [-0.15, -0.1) is 0 Å². The van der Waals surface area contributed by atoms with Gasteiger partial charge in [0.15, 0.2) is 0 Å². The van der Waals surface area contributed by atoms with Crippen LogP contribution in [0.3, 0.4) is 0 Å². The minimum atomic E-state index is -1.60. The SMILES string of the molecule is O=C(O)C(=O)Cc1ccc(O)cc1F. The molecule has 1 aromatic rings. The quantitative estimate of drug-likeness (QED) is 0.702. The summed E-state index contributed by atoms with van der Waals surface area (Å²) in [4.78, 5) is 20.9. The molecular weight excluding hydrogens is 191 g/mol.